The molecule has 1 saturated heterocycles. The Kier molecular flexibility index (Phi) is 3.02. The van der Waals surface area contributed by atoms with Crippen molar-refractivity contribution in [2.24, 2.45) is 5.92 Å². The average molecular weight is 243 g/mol. The highest BCUT2D eigenvalue weighted by Gasteiger charge is 2.15. The summed E-state index contributed by atoms with van der Waals surface area (Å²) in [4.78, 5) is 4.29. The fourth-order valence-corrected chi connectivity index (χ4v) is 2.33. The second-order valence-electron chi connectivity index (χ2n) is 4.71. The number of ether oxygens (including phenoxy) is 1. The molecule has 0 aliphatic carbocycles. The summed E-state index contributed by atoms with van der Waals surface area (Å²) in [5.41, 5.74) is 8.87. The molecule has 2 aromatic rings. The third-order valence-corrected chi connectivity index (χ3v) is 3.43. The van der Waals surface area contributed by atoms with Crippen LogP contribution in [-0.4, -0.2) is 24.7 Å². The van der Waals surface area contributed by atoms with E-state index in [1.165, 1.54) is 0 Å². The van der Waals surface area contributed by atoms with Crippen molar-refractivity contribution in [3.8, 4) is 0 Å². The van der Waals surface area contributed by atoms with Crippen molar-refractivity contribution in [3.63, 3.8) is 0 Å². The number of benzene rings is 1. The third-order valence-electron chi connectivity index (χ3n) is 3.43. The van der Waals surface area contributed by atoms with Crippen LogP contribution in [-0.2, 0) is 4.74 Å². The fourth-order valence-electron chi connectivity index (χ4n) is 2.33. The molecule has 0 spiro atoms. The monoisotopic (exact) mass is 243 g/mol. The molecular formula is C14H17N3O. The molecule has 0 radical (unpaired) electrons. The van der Waals surface area contributed by atoms with E-state index >= 15 is 0 Å². The molecule has 1 aromatic carbocycles. The highest BCUT2D eigenvalue weighted by atomic mass is 16.5. The predicted molar refractivity (Wildman–Crippen MR) is 73.6 cm³/mol. The van der Waals surface area contributed by atoms with Gasteiger partial charge in [-0.1, -0.05) is 0 Å². The Balaban J connectivity index is 1.81. The zero-order valence-corrected chi connectivity index (χ0v) is 10.2. The molecule has 4 nitrogen and oxygen atoms in total. The van der Waals surface area contributed by atoms with E-state index in [0.717, 1.165) is 48.5 Å². The fraction of sp³-hybridized carbons (Fsp3) is 0.357. The summed E-state index contributed by atoms with van der Waals surface area (Å²) in [6, 6.07) is 7.91. The summed E-state index contributed by atoms with van der Waals surface area (Å²) >= 11 is 0. The lowest BCUT2D eigenvalue weighted by Gasteiger charge is -2.14. The third kappa shape index (κ3) is 2.11. The lowest BCUT2D eigenvalue weighted by molar-refractivity contribution is 0.187. The maximum atomic E-state index is 6.17. The van der Waals surface area contributed by atoms with E-state index < -0.39 is 0 Å². The number of rotatable bonds is 3. The maximum Gasteiger partial charge on any atom is 0.0724 e. The Morgan fingerprint density at radius 1 is 1.39 bits per heavy atom. The number of fused-ring (bicyclic) bond motifs is 1. The topological polar surface area (TPSA) is 60.2 Å². The van der Waals surface area contributed by atoms with E-state index in [-0.39, 0.29) is 0 Å². The molecule has 4 heteroatoms. The van der Waals surface area contributed by atoms with Crippen LogP contribution < -0.4 is 11.1 Å². The molecule has 18 heavy (non-hydrogen) atoms. The Hall–Kier alpha value is -1.81. The number of aromatic nitrogens is 1. The Bertz CT molecular complexity index is 550. The van der Waals surface area contributed by atoms with Gasteiger partial charge in [-0.25, -0.2) is 0 Å². The van der Waals surface area contributed by atoms with Crippen LogP contribution in [0.5, 0.6) is 0 Å². The smallest absolute Gasteiger partial charge is 0.0724 e. The standard InChI is InChI=1S/C14H17N3O/c15-14-11-2-1-6-16-12(11)3-4-13(14)17-8-10-5-7-18-9-10/h1-4,6,10,17H,5,7-9,15H2. The van der Waals surface area contributed by atoms with Gasteiger partial charge in [0.1, 0.15) is 0 Å². The van der Waals surface area contributed by atoms with Crippen molar-refractivity contribution < 1.29 is 4.74 Å². The van der Waals surface area contributed by atoms with Crippen LogP contribution in [0.3, 0.4) is 0 Å². The second kappa shape index (κ2) is 4.82. The number of nitrogen functional groups attached to an aromatic ring is 1. The minimum Gasteiger partial charge on any atom is -0.397 e. The van der Waals surface area contributed by atoms with Crippen molar-refractivity contribution in [1.82, 2.24) is 4.98 Å². The Labute approximate surface area is 106 Å². The molecule has 2 heterocycles. The molecule has 1 aromatic heterocycles. The van der Waals surface area contributed by atoms with E-state index in [1.54, 1.807) is 6.20 Å². The molecular weight excluding hydrogens is 226 g/mol. The molecule has 3 rings (SSSR count). The van der Waals surface area contributed by atoms with Crippen LogP contribution >= 0.6 is 0 Å². The van der Waals surface area contributed by atoms with E-state index in [1.807, 2.05) is 24.3 Å². The second-order valence-corrected chi connectivity index (χ2v) is 4.71. The molecule has 1 unspecified atom stereocenters. The van der Waals surface area contributed by atoms with E-state index in [4.69, 9.17) is 10.5 Å². The van der Waals surface area contributed by atoms with Crippen LogP contribution in [0.25, 0.3) is 10.9 Å². The molecule has 1 fully saturated rings. The van der Waals surface area contributed by atoms with Gasteiger partial charge in [0.05, 0.1) is 23.5 Å². The van der Waals surface area contributed by atoms with Gasteiger partial charge in [0, 0.05) is 30.7 Å². The molecule has 0 saturated carbocycles. The summed E-state index contributed by atoms with van der Waals surface area (Å²) in [6.07, 6.45) is 2.91. The van der Waals surface area contributed by atoms with Gasteiger partial charge in [-0.15, -0.1) is 0 Å². The highest BCUT2D eigenvalue weighted by molar-refractivity contribution is 5.96. The summed E-state index contributed by atoms with van der Waals surface area (Å²) in [5.74, 6) is 0.592. The lowest BCUT2D eigenvalue weighted by Crippen LogP contribution is -2.15. The largest absolute Gasteiger partial charge is 0.397 e. The first-order valence-corrected chi connectivity index (χ1v) is 6.29. The van der Waals surface area contributed by atoms with Crippen molar-refractivity contribution >= 4 is 22.3 Å². The average Bonchev–Trinajstić information content (AvgIpc) is 2.91. The molecule has 0 bridgehead atoms. The Morgan fingerprint density at radius 3 is 3.17 bits per heavy atom. The minimum absolute atomic E-state index is 0.592. The van der Waals surface area contributed by atoms with Gasteiger partial charge in [-0.05, 0) is 30.7 Å². The van der Waals surface area contributed by atoms with E-state index in [9.17, 15) is 0 Å². The lowest BCUT2D eigenvalue weighted by atomic mass is 10.1. The van der Waals surface area contributed by atoms with Crippen LogP contribution in [0.4, 0.5) is 11.4 Å². The molecule has 3 N–H and O–H groups in total. The predicted octanol–water partition coefficient (Wildman–Crippen LogP) is 2.27. The first kappa shape index (κ1) is 11.3. The van der Waals surface area contributed by atoms with Crippen molar-refractivity contribution in [1.29, 1.82) is 0 Å². The SMILES string of the molecule is Nc1c(NCC2CCOC2)ccc2ncccc12. The van der Waals surface area contributed by atoms with Crippen molar-refractivity contribution in [2.45, 2.75) is 6.42 Å². The van der Waals surface area contributed by atoms with Gasteiger partial charge in [-0.3, -0.25) is 4.98 Å². The first-order chi connectivity index (χ1) is 8.84. The van der Waals surface area contributed by atoms with Gasteiger partial charge < -0.3 is 15.8 Å². The van der Waals surface area contributed by atoms with Crippen LogP contribution in [0, 0.1) is 5.92 Å². The van der Waals surface area contributed by atoms with Crippen molar-refractivity contribution in [2.75, 3.05) is 30.8 Å². The molecule has 1 aliphatic heterocycles. The van der Waals surface area contributed by atoms with E-state index in [2.05, 4.69) is 10.3 Å². The first-order valence-electron chi connectivity index (χ1n) is 6.29. The van der Waals surface area contributed by atoms with Gasteiger partial charge in [0.2, 0.25) is 0 Å². The summed E-state index contributed by atoms with van der Waals surface area (Å²) < 4.78 is 5.36. The number of nitrogens with one attached hydrogen (secondary N) is 1. The number of anilines is 2. The number of hydrogen-bond donors (Lipinski definition) is 2. The maximum absolute atomic E-state index is 6.17. The summed E-state index contributed by atoms with van der Waals surface area (Å²) in [5, 5.41) is 4.42. The van der Waals surface area contributed by atoms with Crippen LogP contribution in [0.2, 0.25) is 0 Å². The van der Waals surface area contributed by atoms with Gasteiger partial charge in [0.15, 0.2) is 0 Å². The number of nitrogens with two attached hydrogens (primary N) is 1. The van der Waals surface area contributed by atoms with Gasteiger partial charge in [-0.2, -0.15) is 0 Å². The quantitative estimate of drug-likeness (QED) is 0.812. The summed E-state index contributed by atoms with van der Waals surface area (Å²) in [7, 11) is 0. The normalized spacial score (nSPS) is 19.2. The molecule has 1 aliphatic rings. The summed E-state index contributed by atoms with van der Waals surface area (Å²) in [6.45, 7) is 2.64. The van der Waals surface area contributed by atoms with Gasteiger partial charge >= 0.3 is 0 Å². The Morgan fingerprint density at radius 2 is 2.33 bits per heavy atom. The zero-order valence-electron chi connectivity index (χ0n) is 10.2. The van der Waals surface area contributed by atoms with E-state index in [0.29, 0.717) is 5.92 Å². The van der Waals surface area contributed by atoms with Gasteiger partial charge in [0.25, 0.3) is 0 Å². The van der Waals surface area contributed by atoms with Crippen LogP contribution in [0.1, 0.15) is 6.42 Å². The minimum atomic E-state index is 0.592. The van der Waals surface area contributed by atoms with Crippen LogP contribution in [0.15, 0.2) is 30.5 Å². The van der Waals surface area contributed by atoms with Crippen molar-refractivity contribution in [3.05, 3.63) is 30.5 Å². The molecule has 94 valence electrons. The number of pyridine rings is 1. The zero-order chi connectivity index (χ0) is 12.4. The number of nitrogens with zero attached hydrogens (tertiary/aromatic N) is 1. The molecule has 1 atom stereocenters. The number of hydrogen-bond acceptors (Lipinski definition) is 4. The highest BCUT2D eigenvalue weighted by Crippen LogP contribution is 2.27. The molecule has 0 amide bonds.